The molecule has 4 nitrogen and oxygen atoms in total. The van der Waals surface area contributed by atoms with Crippen LogP contribution in [0.2, 0.25) is 0 Å². The van der Waals surface area contributed by atoms with Gasteiger partial charge in [0.15, 0.2) is 0 Å². The second-order valence-electron chi connectivity index (χ2n) is 1.21. The second kappa shape index (κ2) is 3.57. The van der Waals surface area contributed by atoms with Crippen LogP contribution in [0.25, 0.3) is 0 Å². The van der Waals surface area contributed by atoms with Gasteiger partial charge in [-0.3, -0.25) is 0 Å². The summed E-state index contributed by atoms with van der Waals surface area (Å²) >= 11 is 3.67. The maximum Gasteiger partial charge on any atom is 0.314 e. The summed E-state index contributed by atoms with van der Waals surface area (Å²) in [7, 11) is 0. The molecule has 0 radical (unpaired) electrons. The predicted molar refractivity (Wildman–Crippen MR) is 32.6 cm³/mol. The zero-order chi connectivity index (χ0) is 6.57. The highest BCUT2D eigenvalue weighted by Crippen LogP contribution is 1.78. The molecule has 0 heterocycles. The minimum Gasteiger partial charge on any atom is -0.373 e. The van der Waals surface area contributed by atoms with E-state index in [2.05, 4.69) is 18.4 Å². The van der Waals surface area contributed by atoms with Crippen molar-refractivity contribution in [3.8, 4) is 0 Å². The van der Waals surface area contributed by atoms with Crippen molar-refractivity contribution < 1.29 is 9.90 Å². The number of carbonyl (C=O) groups excluding carboxylic acids is 1. The van der Waals surface area contributed by atoms with Gasteiger partial charge in [-0.05, 0) is 0 Å². The number of carbonyl (C=O) groups is 1. The third-order valence-corrected chi connectivity index (χ3v) is 0.828. The SMILES string of the molecule is NC(=O)NC(O)CS. The normalized spacial score (nSPS) is 12.8. The van der Waals surface area contributed by atoms with E-state index in [1.165, 1.54) is 0 Å². The standard InChI is InChI=1S/C3H8N2O2S/c4-3(7)5-2(6)1-8/h2,6,8H,1H2,(H3,4,5,7). The Kier molecular flexibility index (Phi) is 3.38. The Morgan fingerprint density at radius 3 is 2.62 bits per heavy atom. The lowest BCUT2D eigenvalue weighted by molar-refractivity contribution is 0.164. The third kappa shape index (κ3) is 3.76. The molecular formula is C3H8N2O2S. The number of aliphatic hydroxyl groups excluding tert-OH is 1. The van der Waals surface area contributed by atoms with Crippen LogP contribution in [-0.2, 0) is 0 Å². The van der Waals surface area contributed by atoms with Crippen molar-refractivity contribution in [2.75, 3.05) is 5.75 Å². The van der Waals surface area contributed by atoms with Gasteiger partial charge in [0.2, 0.25) is 0 Å². The lowest BCUT2D eigenvalue weighted by Crippen LogP contribution is -2.39. The van der Waals surface area contributed by atoms with Crippen molar-refractivity contribution in [3.63, 3.8) is 0 Å². The first-order chi connectivity index (χ1) is 3.66. The Morgan fingerprint density at radius 1 is 2.00 bits per heavy atom. The second-order valence-corrected chi connectivity index (χ2v) is 1.57. The molecule has 48 valence electrons. The maximum absolute atomic E-state index is 9.89. The first kappa shape index (κ1) is 7.58. The van der Waals surface area contributed by atoms with Crippen LogP contribution in [0.3, 0.4) is 0 Å². The Balaban J connectivity index is 3.24. The summed E-state index contributed by atoms with van der Waals surface area (Å²) in [5, 5.41) is 10.6. The zero-order valence-corrected chi connectivity index (χ0v) is 5.06. The molecule has 0 saturated heterocycles. The number of rotatable bonds is 2. The summed E-state index contributed by atoms with van der Waals surface area (Å²) in [6, 6.07) is -0.744. The van der Waals surface area contributed by atoms with Gasteiger partial charge in [-0.15, -0.1) is 0 Å². The van der Waals surface area contributed by atoms with Crippen LogP contribution >= 0.6 is 12.6 Å². The molecule has 0 bridgehead atoms. The molecule has 8 heavy (non-hydrogen) atoms. The van der Waals surface area contributed by atoms with E-state index >= 15 is 0 Å². The number of primary amides is 1. The van der Waals surface area contributed by atoms with Crippen molar-refractivity contribution in [1.82, 2.24) is 5.32 Å². The first-order valence-electron chi connectivity index (χ1n) is 2.01. The van der Waals surface area contributed by atoms with Gasteiger partial charge in [0, 0.05) is 5.75 Å². The van der Waals surface area contributed by atoms with Crippen LogP contribution in [0.4, 0.5) is 4.79 Å². The van der Waals surface area contributed by atoms with E-state index in [1.807, 2.05) is 5.32 Å². The number of hydrogen-bond acceptors (Lipinski definition) is 3. The molecule has 0 aliphatic heterocycles. The average molecular weight is 136 g/mol. The topological polar surface area (TPSA) is 75.4 Å². The van der Waals surface area contributed by atoms with Crippen LogP contribution in [0, 0.1) is 0 Å². The predicted octanol–water partition coefficient (Wildman–Crippen LogP) is -1.10. The number of urea groups is 1. The van der Waals surface area contributed by atoms with Crippen LogP contribution < -0.4 is 11.1 Å². The van der Waals surface area contributed by atoms with Gasteiger partial charge in [-0.1, -0.05) is 0 Å². The molecule has 5 heteroatoms. The molecule has 4 N–H and O–H groups in total. The summed E-state index contributed by atoms with van der Waals surface area (Å²) < 4.78 is 0. The number of nitrogens with two attached hydrogens (primary N) is 1. The smallest absolute Gasteiger partial charge is 0.314 e. The lowest BCUT2D eigenvalue weighted by atomic mass is 10.6. The Bertz CT molecular complexity index is 87.4. The summed E-state index contributed by atoms with van der Waals surface area (Å²) in [6.07, 6.45) is -0.934. The number of aliphatic hydroxyl groups is 1. The molecule has 0 spiro atoms. The number of hydrogen-bond donors (Lipinski definition) is 4. The Hall–Kier alpha value is -0.420. The molecule has 2 amide bonds. The monoisotopic (exact) mass is 136 g/mol. The van der Waals surface area contributed by atoms with Gasteiger partial charge >= 0.3 is 6.03 Å². The van der Waals surface area contributed by atoms with Gasteiger partial charge in [0.05, 0.1) is 0 Å². The fourth-order valence-corrected chi connectivity index (χ4v) is 0.301. The summed E-state index contributed by atoms with van der Waals surface area (Å²) in [5.41, 5.74) is 4.62. The first-order valence-corrected chi connectivity index (χ1v) is 2.65. The van der Waals surface area contributed by atoms with Crippen molar-refractivity contribution >= 4 is 18.7 Å². The van der Waals surface area contributed by atoms with Gasteiger partial charge in [-0.25, -0.2) is 4.79 Å². The van der Waals surface area contributed by atoms with E-state index in [1.54, 1.807) is 0 Å². The van der Waals surface area contributed by atoms with Crippen molar-refractivity contribution in [3.05, 3.63) is 0 Å². The summed E-state index contributed by atoms with van der Waals surface area (Å²) in [5.74, 6) is 0.170. The molecule has 0 aliphatic rings. The molecule has 0 aromatic rings. The molecule has 1 unspecified atom stereocenters. The van der Waals surface area contributed by atoms with E-state index in [4.69, 9.17) is 5.11 Å². The number of amides is 2. The molecule has 0 fully saturated rings. The zero-order valence-electron chi connectivity index (χ0n) is 4.16. The lowest BCUT2D eigenvalue weighted by Gasteiger charge is -2.05. The molecule has 0 saturated carbocycles. The van der Waals surface area contributed by atoms with Crippen molar-refractivity contribution in [2.45, 2.75) is 6.23 Å². The van der Waals surface area contributed by atoms with Gasteiger partial charge in [0.1, 0.15) is 6.23 Å². The molecular weight excluding hydrogens is 128 g/mol. The van der Waals surface area contributed by atoms with Crippen LogP contribution in [0.15, 0.2) is 0 Å². The van der Waals surface area contributed by atoms with E-state index in [9.17, 15) is 4.79 Å². The highest BCUT2D eigenvalue weighted by atomic mass is 32.1. The van der Waals surface area contributed by atoms with Crippen LogP contribution in [0.1, 0.15) is 0 Å². The van der Waals surface area contributed by atoms with Gasteiger partial charge in [-0.2, -0.15) is 12.6 Å². The maximum atomic E-state index is 9.89. The molecule has 0 rings (SSSR count). The van der Waals surface area contributed by atoms with Crippen molar-refractivity contribution in [2.24, 2.45) is 5.73 Å². The van der Waals surface area contributed by atoms with Crippen LogP contribution in [-0.4, -0.2) is 23.1 Å². The largest absolute Gasteiger partial charge is 0.373 e. The third-order valence-electron chi connectivity index (χ3n) is 0.482. The van der Waals surface area contributed by atoms with Crippen molar-refractivity contribution in [1.29, 1.82) is 0 Å². The minimum absolute atomic E-state index is 0.170. The minimum atomic E-state index is -0.934. The number of nitrogens with one attached hydrogen (secondary N) is 1. The quantitative estimate of drug-likeness (QED) is 0.287. The molecule has 1 atom stereocenters. The highest BCUT2D eigenvalue weighted by Gasteiger charge is 1.99. The number of thiol groups is 1. The van der Waals surface area contributed by atoms with Crippen LogP contribution in [0.5, 0.6) is 0 Å². The Labute approximate surface area is 52.5 Å². The van der Waals surface area contributed by atoms with E-state index in [0.717, 1.165) is 0 Å². The molecule has 0 aromatic carbocycles. The van der Waals surface area contributed by atoms with Gasteiger partial charge < -0.3 is 16.2 Å². The van der Waals surface area contributed by atoms with E-state index < -0.39 is 12.3 Å². The Morgan fingerprint density at radius 2 is 2.50 bits per heavy atom. The fourth-order valence-electron chi connectivity index (χ4n) is 0.210. The molecule has 0 aliphatic carbocycles. The summed E-state index contributed by atoms with van der Waals surface area (Å²) in [4.78, 5) is 9.89. The van der Waals surface area contributed by atoms with E-state index in [0.29, 0.717) is 0 Å². The van der Waals surface area contributed by atoms with E-state index in [-0.39, 0.29) is 5.75 Å². The average Bonchev–Trinajstić information content (AvgIpc) is 1.65. The highest BCUT2D eigenvalue weighted by molar-refractivity contribution is 7.80. The van der Waals surface area contributed by atoms with Gasteiger partial charge in [0.25, 0.3) is 0 Å². The summed E-state index contributed by atoms with van der Waals surface area (Å²) in [6.45, 7) is 0. The molecule has 0 aromatic heterocycles. The fraction of sp³-hybridized carbons (Fsp3) is 0.667.